The van der Waals surface area contributed by atoms with E-state index in [1.807, 2.05) is 24.3 Å². The fraction of sp³-hybridized carbons (Fsp3) is 0.429. The van der Waals surface area contributed by atoms with Gasteiger partial charge in [0, 0.05) is 29.3 Å². The van der Waals surface area contributed by atoms with Gasteiger partial charge < -0.3 is 42.0 Å². The van der Waals surface area contributed by atoms with E-state index < -0.39 is 60.6 Å². The molecule has 0 radical (unpaired) electrons. The number of carboxylic acid groups (broad SMARTS) is 1. The highest BCUT2D eigenvalue weighted by molar-refractivity contribution is 7.80. The molecule has 2 rings (SSSR count). The molecule has 0 aliphatic carbocycles. The third-order valence-electron chi connectivity index (χ3n) is 5.13. The minimum Gasteiger partial charge on any atom is -0.480 e. The number of fused-ring (bicyclic) bond motifs is 1. The first-order chi connectivity index (χ1) is 16.1. The highest BCUT2D eigenvalue weighted by atomic mass is 32.1. The maximum Gasteiger partial charge on any atom is 0.328 e. The number of para-hydroxylation sites is 1. The molecular formula is C21H29N5O7S. The standard InChI is InChI=1S/C21H29N5O7S/c1-10(28)17(21(32)33)26-20(31)16(8-27)25-19(30)15(24-18(29)13(22)9-34)6-11-7-23-14-5-3-2-4-12(11)14/h2-5,7,10,13,15-17,23,27-28,34H,6,8-9,22H2,1H3,(H,24,29)(H,25,30)(H,26,31)(H,32,33). The van der Waals surface area contributed by atoms with Crippen molar-refractivity contribution in [2.75, 3.05) is 12.4 Å². The average Bonchev–Trinajstić information content (AvgIpc) is 3.21. The number of carbonyl (C=O) groups excluding carboxylic acids is 3. The molecule has 1 aromatic carbocycles. The number of carboxylic acids is 1. The third-order valence-corrected chi connectivity index (χ3v) is 5.52. The molecule has 1 aromatic heterocycles. The molecule has 0 aliphatic rings. The van der Waals surface area contributed by atoms with E-state index in [9.17, 15) is 29.4 Å². The lowest BCUT2D eigenvalue weighted by Gasteiger charge is -2.24. The molecule has 12 nitrogen and oxygen atoms in total. The molecule has 0 aliphatic heterocycles. The first-order valence-corrected chi connectivity index (χ1v) is 11.1. The van der Waals surface area contributed by atoms with Crippen LogP contribution in [0, 0.1) is 0 Å². The van der Waals surface area contributed by atoms with Gasteiger partial charge in [-0.15, -0.1) is 0 Å². The number of benzene rings is 1. The molecule has 2 aromatic rings. The van der Waals surface area contributed by atoms with Gasteiger partial charge in [0.15, 0.2) is 6.04 Å². The van der Waals surface area contributed by atoms with E-state index in [1.165, 1.54) is 6.92 Å². The average molecular weight is 496 g/mol. The Labute approximate surface area is 200 Å². The zero-order chi connectivity index (χ0) is 25.4. The van der Waals surface area contributed by atoms with E-state index >= 15 is 0 Å². The second kappa shape index (κ2) is 12.4. The Bertz CT molecular complexity index is 1030. The largest absolute Gasteiger partial charge is 0.480 e. The first kappa shape index (κ1) is 27.1. The summed E-state index contributed by atoms with van der Waals surface area (Å²) in [5, 5.41) is 36.0. The first-order valence-electron chi connectivity index (χ1n) is 10.4. The third kappa shape index (κ3) is 6.93. The van der Waals surface area contributed by atoms with Gasteiger partial charge in [0.05, 0.1) is 18.8 Å². The van der Waals surface area contributed by atoms with Crippen molar-refractivity contribution in [3.8, 4) is 0 Å². The number of thiol groups is 1. The summed E-state index contributed by atoms with van der Waals surface area (Å²) in [5.74, 6) is -3.92. The maximum absolute atomic E-state index is 13.0. The molecule has 0 fully saturated rings. The molecule has 5 unspecified atom stereocenters. The van der Waals surface area contributed by atoms with Crippen molar-refractivity contribution in [1.82, 2.24) is 20.9 Å². The predicted molar refractivity (Wildman–Crippen MR) is 126 cm³/mol. The summed E-state index contributed by atoms with van der Waals surface area (Å²) in [6.07, 6.45) is 0.297. The van der Waals surface area contributed by atoms with Gasteiger partial charge in [0.1, 0.15) is 12.1 Å². The Morgan fingerprint density at radius 2 is 1.68 bits per heavy atom. The molecule has 13 heteroatoms. The molecular weight excluding hydrogens is 466 g/mol. The van der Waals surface area contributed by atoms with Crippen molar-refractivity contribution >= 4 is 47.2 Å². The summed E-state index contributed by atoms with van der Waals surface area (Å²) >= 11 is 3.98. The Kier molecular flexibility index (Phi) is 9.86. The Morgan fingerprint density at radius 1 is 1.06 bits per heavy atom. The SMILES string of the molecule is CC(O)C(NC(=O)C(CO)NC(=O)C(Cc1c[nH]c2ccccc12)NC(=O)C(N)CS)C(=O)O. The predicted octanol–water partition coefficient (Wildman–Crippen LogP) is -2.12. The number of nitrogens with two attached hydrogens (primary N) is 1. The van der Waals surface area contributed by atoms with Gasteiger partial charge in [-0.1, -0.05) is 18.2 Å². The minimum absolute atomic E-state index is 0.0326. The van der Waals surface area contributed by atoms with Crippen molar-refractivity contribution in [2.45, 2.75) is 43.6 Å². The van der Waals surface area contributed by atoms with Gasteiger partial charge in [-0.2, -0.15) is 12.6 Å². The molecule has 3 amide bonds. The van der Waals surface area contributed by atoms with Crippen LogP contribution in [0.1, 0.15) is 12.5 Å². The lowest BCUT2D eigenvalue weighted by Crippen LogP contribution is -2.59. The van der Waals surface area contributed by atoms with Gasteiger partial charge in [0.25, 0.3) is 0 Å². The van der Waals surface area contributed by atoms with Gasteiger partial charge in [0.2, 0.25) is 17.7 Å². The highest BCUT2D eigenvalue weighted by Gasteiger charge is 2.32. The smallest absolute Gasteiger partial charge is 0.328 e. The Balaban J connectivity index is 2.22. The van der Waals surface area contributed by atoms with Crippen molar-refractivity contribution in [3.63, 3.8) is 0 Å². The highest BCUT2D eigenvalue weighted by Crippen LogP contribution is 2.19. The van der Waals surface area contributed by atoms with E-state index in [-0.39, 0.29) is 12.2 Å². The summed E-state index contributed by atoms with van der Waals surface area (Å²) < 4.78 is 0. The number of rotatable bonds is 12. The molecule has 0 spiro atoms. The molecule has 1 heterocycles. The minimum atomic E-state index is -1.64. The number of aromatic amines is 1. The van der Waals surface area contributed by atoms with Crippen LogP contribution < -0.4 is 21.7 Å². The number of carbonyl (C=O) groups is 4. The monoisotopic (exact) mass is 495 g/mol. The van der Waals surface area contributed by atoms with Gasteiger partial charge in [-0.3, -0.25) is 14.4 Å². The summed E-state index contributed by atoms with van der Waals surface area (Å²) in [6, 6.07) is 2.00. The van der Waals surface area contributed by atoms with Crippen molar-refractivity contribution in [2.24, 2.45) is 5.73 Å². The Hall–Kier alpha value is -3.13. The van der Waals surface area contributed by atoms with E-state index in [0.29, 0.717) is 5.56 Å². The summed E-state index contributed by atoms with van der Waals surface area (Å²) in [4.78, 5) is 52.1. The number of aliphatic hydroxyl groups excluding tert-OH is 2. The molecule has 0 bridgehead atoms. The normalized spacial score (nSPS) is 15.6. The van der Waals surface area contributed by atoms with E-state index in [1.54, 1.807) is 6.20 Å². The fourth-order valence-electron chi connectivity index (χ4n) is 3.20. The molecule has 186 valence electrons. The van der Waals surface area contributed by atoms with Crippen LogP contribution in [0.15, 0.2) is 30.5 Å². The quantitative estimate of drug-likeness (QED) is 0.148. The molecule has 34 heavy (non-hydrogen) atoms. The van der Waals surface area contributed by atoms with Crippen molar-refractivity contribution < 1.29 is 34.5 Å². The van der Waals surface area contributed by atoms with Crippen LogP contribution in [0.2, 0.25) is 0 Å². The van der Waals surface area contributed by atoms with Crippen LogP contribution in [-0.2, 0) is 25.6 Å². The van der Waals surface area contributed by atoms with Crippen molar-refractivity contribution in [3.05, 3.63) is 36.0 Å². The topological polar surface area (TPSA) is 207 Å². The van der Waals surface area contributed by atoms with Crippen molar-refractivity contribution in [1.29, 1.82) is 0 Å². The molecule has 5 atom stereocenters. The number of hydrogen-bond donors (Lipinski definition) is 9. The zero-order valence-electron chi connectivity index (χ0n) is 18.4. The summed E-state index contributed by atoms with van der Waals surface area (Å²) in [7, 11) is 0. The van der Waals surface area contributed by atoms with E-state index in [4.69, 9.17) is 10.8 Å². The number of nitrogens with one attached hydrogen (secondary N) is 4. The summed E-state index contributed by atoms with van der Waals surface area (Å²) in [5.41, 5.74) is 7.23. The van der Waals surface area contributed by atoms with Gasteiger partial charge >= 0.3 is 5.97 Å². The number of aliphatic carboxylic acids is 1. The van der Waals surface area contributed by atoms with Crippen LogP contribution >= 0.6 is 12.6 Å². The number of aliphatic hydroxyl groups is 2. The van der Waals surface area contributed by atoms with Crippen LogP contribution in [-0.4, -0.2) is 86.6 Å². The van der Waals surface area contributed by atoms with Crippen LogP contribution in [0.3, 0.4) is 0 Å². The second-order valence-electron chi connectivity index (χ2n) is 7.72. The molecule has 0 saturated carbocycles. The van der Waals surface area contributed by atoms with E-state index in [2.05, 4.69) is 33.6 Å². The Morgan fingerprint density at radius 3 is 2.26 bits per heavy atom. The maximum atomic E-state index is 13.0. The van der Waals surface area contributed by atoms with Gasteiger partial charge in [-0.05, 0) is 18.6 Å². The second-order valence-corrected chi connectivity index (χ2v) is 8.09. The number of hydrogen-bond acceptors (Lipinski definition) is 8. The number of amides is 3. The molecule has 0 saturated heterocycles. The fourth-order valence-corrected chi connectivity index (χ4v) is 3.37. The summed E-state index contributed by atoms with van der Waals surface area (Å²) in [6.45, 7) is 0.316. The lowest BCUT2D eigenvalue weighted by atomic mass is 10.0. The lowest BCUT2D eigenvalue weighted by molar-refractivity contribution is -0.145. The van der Waals surface area contributed by atoms with Crippen LogP contribution in [0.25, 0.3) is 10.9 Å². The molecule has 9 N–H and O–H groups in total. The number of H-pyrrole nitrogens is 1. The van der Waals surface area contributed by atoms with Gasteiger partial charge in [-0.25, -0.2) is 4.79 Å². The zero-order valence-corrected chi connectivity index (χ0v) is 19.3. The van der Waals surface area contributed by atoms with Crippen LogP contribution in [0.4, 0.5) is 0 Å². The number of aromatic nitrogens is 1. The van der Waals surface area contributed by atoms with E-state index in [0.717, 1.165) is 10.9 Å². The van der Waals surface area contributed by atoms with Crippen LogP contribution in [0.5, 0.6) is 0 Å².